The first-order valence-electron chi connectivity index (χ1n) is 6.77. The van der Waals surface area contributed by atoms with Crippen molar-refractivity contribution < 1.29 is 14.3 Å². The van der Waals surface area contributed by atoms with Crippen molar-refractivity contribution in [3.63, 3.8) is 0 Å². The molecule has 0 saturated carbocycles. The number of rotatable bonds is 4. The Kier molecular flexibility index (Phi) is 4.70. The topological polar surface area (TPSA) is 49.3 Å². The van der Waals surface area contributed by atoms with Gasteiger partial charge in [0.15, 0.2) is 0 Å². The molecule has 1 atom stereocenters. The molecule has 0 aliphatic carbocycles. The van der Waals surface area contributed by atoms with E-state index in [0.717, 1.165) is 11.1 Å². The van der Waals surface area contributed by atoms with Gasteiger partial charge in [-0.05, 0) is 36.6 Å². The molecule has 1 unspecified atom stereocenters. The summed E-state index contributed by atoms with van der Waals surface area (Å²) in [7, 11) is 0. The minimum Gasteiger partial charge on any atom is -0.387 e. The van der Waals surface area contributed by atoms with Gasteiger partial charge in [0.05, 0.1) is 11.7 Å². The van der Waals surface area contributed by atoms with E-state index in [1.807, 2.05) is 25.1 Å². The lowest BCUT2D eigenvalue weighted by Gasteiger charge is -2.15. The second-order valence-corrected chi connectivity index (χ2v) is 5.02. The van der Waals surface area contributed by atoms with Crippen LogP contribution in [0.25, 0.3) is 0 Å². The second-order valence-electron chi connectivity index (χ2n) is 5.02. The van der Waals surface area contributed by atoms with E-state index in [2.05, 4.69) is 5.32 Å². The zero-order valence-electron chi connectivity index (χ0n) is 12.1. The van der Waals surface area contributed by atoms with Crippen LogP contribution in [0.3, 0.4) is 0 Å². The lowest BCUT2D eigenvalue weighted by molar-refractivity contribution is 0.0911. The molecular weight excluding hydrogens is 269 g/mol. The molecule has 4 heteroatoms. The predicted molar refractivity (Wildman–Crippen MR) is 79.6 cm³/mol. The Morgan fingerprint density at radius 1 is 1.14 bits per heavy atom. The summed E-state index contributed by atoms with van der Waals surface area (Å²) in [6, 6.07) is 12.1. The van der Waals surface area contributed by atoms with Crippen LogP contribution >= 0.6 is 0 Å². The van der Waals surface area contributed by atoms with Crippen LogP contribution in [0.1, 0.15) is 33.2 Å². The van der Waals surface area contributed by atoms with Crippen LogP contribution in [0.5, 0.6) is 0 Å². The fraction of sp³-hybridized carbons (Fsp3) is 0.235. The Morgan fingerprint density at radius 2 is 1.81 bits per heavy atom. The molecule has 2 rings (SSSR count). The lowest BCUT2D eigenvalue weighted by Crippen LogP contribution is -2.29. The minimum absolute atomic E-state index is 0.00742. The standard InChI is InChI=1S/C17H18FNO2/c1-11-6-3-4-8-13(11)15(20)10-19-17(21)14-9-5-7-12(2)16(14)18/h3-9,15,20H,10H2,1-2H3,(H,19,21). The summed E-state index contributed by atoms with van der Waals surface area (Å²) >= 11 is 0. The molecule has 2 N–H and O–H groups in total. The van der Waals surface area contributed by atoms with Crippen LogP contribution in [0.2, 0.25) is 0 Å². The van der Waals surface area contributed by atoms with Gasteiger partial charge in [0, 0.05) is 6.54 Å². The molecule has 2 aromatic carbocycles. The third-order valence-corrected chi connectivity index (χ3v) is 3.44. The van der Waals surface area contributed by atoms with Crippen LogP contribution in [-0.4, -0.2) is 17.6 Å². The molecule has 0 radical (unpaired) electrons. The third kappa shape index (κ3) is 3.47. The third-order valence-electron chi connectivity index (χ3n) is 3.44. The number of benzene rings is 2. The van der Waals surface area contributed by atoms with E-state index in [1.54, 1.807) is 25.1 Å². The first-order valence-corrected chi connectivity index (χ1v) is 6.77. The average Bonchev–Trinajstić information content (AvgIpc) is 2.47. The molecule has 0 aliphatic heterocycles. The molecule has 21 heavy (non-hydrogen) atoms. The van der Waals surface area contributed by atoms with Crippen molar-refractivity contribution in [1.82, 2.24) is 5.32 Å². The maximum atomic E-state index is 13.8. The Hall–Kier alpha value is -2.20. The van der Waals surface area contributed by atoms with Crippen molar-refractivity contribution in [3.8, 4) is 0 Å². The normalized spacial score (nSPS) is 12.0. The summed E-state index contributed by atoms with van der Waals surface area (Å²) in [6.07, 6.45) is -0.817. The Labute approximate surface area is 123 Å². The molecule has 0 saturated heterocycles. The van der Waals surface area contributed by atoms with E-state index >= 15 is 0 Å². The number of hydrogen-bond acceptors (Lipinski definition) is 2. The predicted octanol–water partition coefficient (Wildman–Crippen LogP) is 2.91. The summed E-state index contributed by atoms with van der Waals surface area (Å²) < 4.78 is 13.8. The number of aliphatic hydroxyl groups excluding tert-OH is 1. The largest absolute Gasteiger partial charge is 0.387 e. The van der Waals surface area contributed by atoms with Crippen LogP contribution in [0, 0.1) is 19.7 Å². The van der Waals surface area contributed by atoms with Gasteiger partial charge in [-0.3, -0.25) is 4.79 Å². The quantitative estimate of drug-likeness (QED) is 0.908. The van der Waals surface area contributed by atoms with Gasteiger partial charge < -0.3 is 10.4 Å². The number of carbonyl (C=O) groups is 1. The first kappa shape index (κ1) is 15.2. The highest BCUT2D eigenvalue weighted by Gasteiger charge is 2.15. The van der Waals surface area contributed by atoms with Gasteiger partial charge in [-0.15, -0.1) is 0 Å². The number of aliphatic hydroxyl groups is 1. The van der Waals surface area contributed by atoms with E-state index in [1.165, 1.54) is 6.07 Å². The van der Waals surface area contributed by atoms with E-state index in [0.29, 0.717) is 5.56 Å². The number of carbonyl (C=O) groups excluding carboxylic acids is 1. The van der Waals surface area contributed by atoms with Crippen molar-refractivity contribution in [2.24, 2.45) is 0 Å². The van der Waals surface area contributed by atoms with Gasteiger partial charge >= 0.3 is 0 Å². The van der Waals surface area contributed by atoms with Crippen molar-refractivity contribution in [3.05, 3.63) is 70.5 Å². The summed E-state index contributed by atoms with van der Waals surface area (Å²) in [5, 5.41) is 12.7. The maximum Gasteiger partial charge on any atom is 0.254 e. The molecule has 2 aromatic rings. The Balaban J connectivity index is 2.04. The van der Waals surface area contributed by atoms with Crippen LogP contribution in [0.15, 0.2) is 42.5 Å². The Morgan fingerprint density at radius 3 is 2.52 bits per heavy atom. The summed E-state index contributed by atoms with van der Waals surface area (Å²) in [4.78, 5) is 12.0. The first-order chi connectivity index (χ1) is 10.0. The molecule has 0 spiro atoms. The molecule has 0 aromatic heterocycles. The van der Waals surface area contributed by atoms with E-state index in [9.17, 15) is 14.3 Å². The average molecular weight is 287 g/mol. The van der Waals surface area contributed by atoms with Gasteiger partial charge in [0.25, 0.3) is 5.91 Å². The van der Waals surface area contributed by atoms with Crippen LogP contribution < -0.4 is 5.32 Å². The van der Waals surface area contributed by atoms with Gasteiger partial charge in [-0.1, -0.05) is 36.4 Å². The number of hydrogen-bond donors (Lipinski definition) is 2. The fourth-order valence-electron chi connectivity index (χ4n) is 2.18. The SMILES string of the molecule is Cc1ccccc1C(O)CNC(=O)c1cccc(C)c1F. The second kappa shape index (κ2) is 6.50. The van der Waals surface area contributed by atoms with E-state index < -0.39 is 17.8 Å². The van der Waals surface area contributed by atoms with Crippen molar-refractivity contribution >= 4 is 5.91 Å². The number of amides is 1. The van der Waals surface area contributed by atoms with E-state index in [-0.39, 0.29) is 12.1 Å². The molecule has 3 nitrogen and oxygen atoms in total. The number of nitrogens with one attached hydrogen (secondary N) is 1. The summed E-state index contributed by atoms with van der Waals surface area (Å²) in [5.74, 6) is -1.05. The van der Waals surface area contributed by atoms with Gasteiger partial charge in [-0.2, -0.15) is 0 Å². The molecule has 0 aliphatic rings. The molecule has 110 valence electrons. The molecular formula is C17H18FNO2. The smallest absolute Gasteiger partial charge is 0.254 e. The minimum atomic E-state index is -0.817. The van der Waals surface area contributed by atoms with Gasteiger partial charge in [0.1, 0.15) is 5.82 Å². The summed E-state index contributed by atoms with van der Waals surface area (Å²) in [5.41, 5.74) is 2.11. The lowest BCUT2D eigenvalue weighted by atomic mass is 10.0. The molecule has 0 bridgehead atoms. The Bertz CT molecular complexity index is 655. The van der Waals surface area contributed by atoms with Gasteiger partial charge in [-0.25, -0.2) is 4.39 Å². The molecule has 1 amide bonds. The van der Waals surface area contributed by atoms with Crippen LogP contribution in [0.4, 0.5) is 4.39 Å². The summed E-state index contributed by atoms with van der Waals surface area (Å²) in [6.45, 7) is 3.53. The van der Waals surface area contributed by atoms with Gasteiger partial charge in [0.2, 0.25) is 0 Å². The fourth-order valence-corrected chi connectivity index (χ4v) is 2.18. The number of aryl methyl sites for hydroxylation is 2. The zero-order valence-corrected chi connectivity index (χ0v) is 12.1. The highest BCUT2D eigenvalue weighted by Crippen LogP contribution is 2.17. The maximum absolute atomic E-state index is 13.8. The van der Waals surface area contributed by atoms with Crippen molar-refractivity contribution in [2.45, 2.75) is 20.0 Å². The number of halogens is 1. The monoisotopic (exact) mass is 287 g/mol. The van der Waals surface area contributed by atoms with Crippen molar-refractivity contribution in [1.29, 1.82) is 0 Å². The van der Waals surface area contributed by atoms with Crippen LogP contribution in [-0.2, 0) is 0 Å². The molecule has 0 heterocycles. The van der Waals surface area contributed by atoms with E-state index in [4.69, 9.17) is 0 Å². The zero-order chi connectivity index (χ0) is 15.4. The molecule has 0 fully saturated rings. The van der Waals surface area contributed by atoms with Crippen molar-refractivity contribution in [2.75, 3.05) is 6.54 Å². The highest BCUT2D eigenvalue weighted by molar-refractivity contribution is 5.94. The highest BCUT2D eigenvalue weighted by atomic mass is 19.1.